The molecule has 0 unspecified atom stereocenters. The molecule has 2 aromatic heterocycles. The molecule has 0 amide bonds. The predicted molar refractivity (Wildman–Crippen MR) is 112 cm³/mol. The van der Waals surface area contributed by atoms with Crippen molar-refractivity contribution >= 4 is 0 Å². The van der Waals surface area contributed by atoms with Crippen LogP contribution < -0.4 is 0 Å². The lowest BCUT2D eigenvalue weighted by Crippen LogP contribution is -1.87. The Labute approximate surface area is 171 Å². The lowest BCUT2D eigenvalue weighted by atomic mass is 10.0. The topological polar surface area (TPSA) is 77.8 Å². The molecule has 4 rings (SSSR count). The SMILES string of the molecule is CC(C)c1ccc(-c2ncon2)cc1.Cc1nc(-c2ccc(C(C)C)cc2)no1. The maximum atomic E-state index is 4.94. The number of rotatable bonds is 4. The second-order valence-corrected chi connectivity index (χ2v) is 7.45. The summed E-state index contributed by atoms with van der Waals surface area (Å²) in [5.74, 6) is 2.99. The van der Waals surface area contributed by atoms with Crippen LogP contribution >= 0.6 is 0 Å². The fourth-order valence-electron chi connectivity index (χ4n) is 2.75. The number of benzene rings is 2. The Hall–Kier alpha value is -3.28. The highest BCUT2D eigenvalue weighted by Crippen LogP contribution is 2.21. The van der Waals surface area contributed by atoms with Gasteiger partial charge < -0.3 is 9.05 Å². The number of aromatic nitrogens is 4. The minimum absolute atomic E-state index is 0.547. The fraction of sp³-hybridized carbons (Fsp3) is 0.304. The van der Waals surface area contributed by atoms with Crippen LogP contribution in [-0.4, -0.2) is 20.3 Å². The summed E-state index contributed by atoms with van der Waals surface area (Å²) in [6.07, 6.45) is 1.34. The van der Waals surface area contributed by atoms with Crippen molar-refractivity contribution in [1.29, 1.82) is 0 Å². The van der Waals surface area contributed by atoms with Crippen LogP contribution in [-0.2, 0) is 0 Å². The van der Waals surface area contributed by atoms with E-state index in [1.54, 1.807) is 6.92 Å². The zero-order valence-corrected chi connectivity index (χ0v) is 17.5. The van der Waals surface area contributed by atoms with Crippen molar-refractivity contribution in [2.45, 2.75) is 46.5 Å². The third kappa shape index (κ3) is 5.38. The van der Waals surface area contributed by atoms with Gasteiger partial charge in [-0.25, -0.2) is 0 Å². The molecule has 0 saturated carbocycles. The van der Waals surface area contributed by atoms with E-state index in [0.717, 1.165) is 11.1 Å². The van der Waals surface area contributed by atoms with Crippen LogP contribution in [0.2, 0.25) is 0 Å². The third-order valence-corrected chi connectivity index (χ3v) is 4.56. The van der Waals surface area contributed by atoms with Gasteiger partial charge in [-0.3, -0.25) is 0 Å². The summed E-state index contributed by atoms with van der Waals surface area (Å²) in [4.78, 5) is 8.16. The minimum Gasteiger partial charge on any atom is -0.342 e. The van der Waals surface area contributed by atoms with Crippen LogP contribution in [0.3, 0.4) is 0 Å². The summed E-state index contributed by atoms with van der Waals surface area (Å²) < 4.78 is 9.62. The lowest BCUT2D eigenvalue weighted by molar-refractivity contribution is 0.394. The Morgan fingerprint density at radius 1 is 0.690 bits per heavy atom. The van der Waals surface area contributed by atoms with Gasteiger partial charge in [0.25, 0.3) is 0 Å². The molecule has 0 N–H and O–H groups in total. The number of nitrogens with zero attached hydrogens (tertiary/aromatic N) is 4. The first-order valence-electron chi connectivity index (χ1n) is 9.71. The highest BCUT2D eigenvalue weighted by Gasteiger charge is 2.06. The van der Waals surface area contributed by atoms with Gasteiger partial charge in [-0.2, -0.15) is 9.97 Å². The number of aryl methyl sites for hydroxylation is 1. The maximum absolute atomic E-state index is 4.94. The summed E-state index contributed by atoms with van der Waals surface area (Å²) in [6, 6.07) is 16.5. The standard InChI is InChI=1S/C12H14N2O.C11H12N2O/c1-8(2)10-4-6-11(7-5-10)12-13-9(3)15-14-12;1-8(2)9-3-5-10(6-4-9)11-12-7-14-13-11/h4-8H,1-3H3;3-8H,1-2H3. The van der Waals surface area contributed by atoms with Gasteiger partial charge in [0.2, 0.25) is 23.9 Å². The van der Waals surface area contributed by atoms with E-state index in [-0.39, 0.29) is 0 Å². The smallest absolute Gasteiger partial charge is 0.223 e. The molecule has 2 aromatic carbocycles. The molecule has 6 heteroatoms. The third-order valence-electron chi connectivity index (χ3n) is 4.56. The molecule has 0 saturated heterocycles. The summed E-state index contributed by atoms with van der Waals surface area (Å²) in [5.41, 5.74) is 4.62. The average molecular weight is 390 g/mol. The van der Waals surface area contributed by atoms with Crippen molar-refractivity contribution in [3.8, 4) is 22.8 Å². The van der Waals surface area contributed by atoms with Crippen LogP contribution in [0, 0.1) is 6.92 Å². The molecule has 2 heterocycles. The van der Waals surface area contributed by atoms with Gasteiger partial charge in [0.15, 0.2) is 0 Å². The second-order valence-electron chi connectivity index (χ2n) is 7.45. The molecule has 29 heavy (non-hydrogen) atoms. The Balaban J connectivity index is 0.000000166. The zero-order chi connectivity index (χ0) is 20.8. The molecule has 0 fully saturated rings. The van der Waals surface area contributed by atoms with Crippen molar-refractivity contribution in [3.63, 3.8) is 0 Å². The van der Waals surface area contributed by atoms with Crippen molar-refractivity contribution in [1.82, 2.24) is 20.3 Å². The van der Waals surface area contributed by atoms with Crippen LogP contribution in [0.25, 0.3) is 22.8 Å². The van der Waals surface area contributed by atoms with E-state index in [4.69, 9.17) is 4.52 Å². The summed E-state index contributed by atoms with van der Waals surface area (Å²) in [6.45, 7) is 10.5. The average Bonchev–Trinajstić information content (AvgIpc) is 3.41. The predicted octanol–water partition coefficient (Wildman–Crippen LogP) is 6.03. The van der Waals surface area contributed by atoms with Gasteiger partial charge in [0.05, 0.1) is 0 Å². The number of hydrogen-bond donors (Lipinski definition) is 0. The van der Waals surface area contributed by atoms with E-state index in [9.17, 15) is 0 Å². The lowest BCUT2D eigenvalue weighted by Gasteiger charge is -2.04. The summed E-state index contributed by atoms with van der Waals surface area (Å²) >= 11 is 0. The molecule has 6 nitrogen and oxygen atoms in total. The molecule has 0 aliphatic rings. The minimum atomic E-state index is 0.547. The maximum Gasteiger partial charge on any atom is 0.223 e. The Morgan fingerprint density at radius 3 is 1.59 bits per heavy atom. The normalized spacial score (nSPS) is 10.9. The van der Waals surface area contributed by atoms with Gasteiger partial charge in [-0.15, -0.1) is 0 Å². The zero-order valence-electron chi connectivity index (χ0n) is 17.5. The fourth-order valence-corrected chi connectivity index (χ4v) is 2.75. The summed E-state index contributed by atoms with van der Waals surface area (Å²) in [7, 11) is 0. The molecular weight excluding hydrogens is 364 g/mol. The molecule has 0 aliphatic carbocycles. The molecular formula is C23H26N4O2. The first-order chi connectivity index (χ1) is 13.9. The van der Waals surface area contributed by atoms with E-state index in [0.29, 0.717) is 29.4 Å². The highest BCUT2D eigenvalue weighted by atomic mass is 16.5. The van der Waals surface area contributed by atoms with E-state index >= 15 is 0 Å². The van der Waals surface area contributed by atoms with Crippen molar-refractivity contribution < 1.29 is 9.05 Å². The van der Waals surface area contributed by atoms with Gasteiger partial charge in [0, 0.05) is 18.1 Å². The van der Waals surface area contributed by atoms with Crippen LogP contribution in [0.5, 0.6) is 0 Å². The van der Waals surface area contributed by atoms with E-state index in [2.05, 4.69) is 76.8 Å². The molecule has 0 atom stereocenters. The molecule has 0 bridgehead atoms. The molecule has 0 radical (unpaired) electrons. The van der Waals surface area contributed by atoms with Crippen LogP contribution in [0.1, 0.15) is 56.5 Å². The van der Waals surface area contributed by atoms with E-state index < -0.39 is 0 Å². The van der Waals surface area contributed by atoms with Crippen LogP contribution in [0.15, 0.2) is 64.0 Å². The first-order valence-corrected chi connectivity index (χ1v) is 9.71. The molecule has 4 aromatic rings. The van der Waals surface area contributed by atoms with Crippen molar-refractivity contribution in [2.24, 2.45) is 0 Å². The Kier molecular flexibility index (Phi) is 6.54. The van der Waals surface area contributed by atoms with Gasteiger partial charge in [-0.1, -0.05) is 86.5 Å². The van der Waals surface area contributed by atoms with Gasteiger partial charge in [0.1, 0.15) is 0 Å². The largest absolute Gasteiger partial charge is 0.342 e. The molecule has 0 aliphatic heterocycles. The highest BCUT2D eigenvalue weighted by molar-refractivity contribution is 5.55. The second kappa shape index (κ2) is 9.28. The Bertz CT molecular complexity index is 1000. The van der Waals surface area contributed by atoms with Crippen LogP contribution in [0.4, 0.5) is 0 Å². The monoisotopic (exact) mass is 390 g/mol. The van der Waals surface area contributed by atoms with Gasteiger partial charge >= 0.3 is 0 Å². The van der Waals surface area contributed by atoms with Gasteiger partial charge in [-0.05, 0) is 23.0 Å². The van der Waals surface area contributed by atoms with Crippen molar-refractivity contribution in [3.05, 3.63) is 71.9 Å². The number of hydrogen-bond acceptors (Lipinski definition) is 6. The van der Waals surface area contributed by atoms with E-state index in [1.807, 2.05) is 24.3 Å². The first kappa shape index (κ1) is 20.5. The van der Waals surface area contributed by atoms with Crippen molar-refractivity contribution in [2.75, 3.05) is 0 Å². The molecule has 150 valence electrons. The van der Waals surface area contributed by atoms with E-state index in [1.165, 1.54) is 17.5 Å². The summed E-state index contributed by atoms with van der Waals surface area (Å²) in [5, 5.41) is 7.65. The quantitative estimate of drug-likeness (QED) is 0.423. The molecule has 0 spiro atoms. The Morgan fingerprint density at radius 2 is 1.21 bits per heavy atom.